The van der Waals surface area contributed by atoms with Crippen molar-refractivity contribution in [3.8, 4) is 0 Å². The van der Waals surface area contributed by atoms with E-state index in [9.17, 15) is 0 Å². The molecule has 2 atom stereocenters. The van der Waals surface area contributed by atoms with Crippen LogP contribution in [0.15, 0.2) is 24.3 Å². The molecule has 1 aliphatic heterocycles. The Labute approximate surface area is 126 Å². The molecule has 1 aliphatic rings. The Balaban J connectivity index is 0.00000147. The molecule has 1 aromatic heterocycles. The lowest BCUT2D eigenvalue weighted by Gasteiger charge is -2.37. The van der Waals surface area contributed by atoms with E-state index < -0.39 is 0 Å². The number of imidazole rings is 1. The third-order valence-corrected chi connectivity index (χ3v) is 4.12. The fourth-order valence-electron chi connectivity index (χ4n) is 2.84. The van der Waals surface area contributed by atoms with E-state index in [-0.39, 0.29) is 12.4 Å². The van der Waals surface area contributed by atoms with Crippen LogP contribution in [-0.2, 0) is 13.6 Å². The molecule has 4 nitrogen and oxygen atoms in total. The van der Waals surface area contributed by atoms with Crippen molar-refractivity contribution in [2.24, 2.45) is 7.05 Å². The van der Waals surface area contributed by atoms with E-state index in [1.807, 2.05) is 0 Å². The van der Waals surface area contributed by atoms with Crippen molar-refractivity contribution in [2.45, 2.75) is 32.5 Å². The number of piperazine rings is 1. The first-order valence-corrected chi connectivity index (χ1v) is 7.03. The number of benzene rings is 1. The summed E-state index contributed by atoms with van der Waals surface area (Å²) in [4.78, 5) is 7.28. The maximum absolute atomic E-state index is 4.77. The molecule has 110 valence electrons. The number of hydrogen-bond acceptors (Lipinski definition) is 3. The van der Waals surface area contributed by atoms with Crippen LogP contribution in [0.1, 0.15) is 19.7 Å². The van der Waals surface area contributed by atoms with Crippen molar-refractivity contribution < 1.29 is 0 Å². The quantitative estimate of drug-likeness (QED) is 0.922. The molecule has 1 N–H and O–H groups in total. The first kappa shape index (κ1) is 15.3. The maximum Gasteiger partial charge on any atom is 0.123 e. The highest BCUT2D eigenvalue weighted by Crippen LogP contribution is 2.17. The lowest BCUT2D eigenvalue weighted by molar-refractivity contribution is 0.134. The van der Waals surface area contributed by atoms with Gasteiger partial charge in [-0.25, -0.2) is 4.98 Å². The van der Waals surface area contributed by atoms with E-state index in [4.69, 9.17) is 4.98 Å². The smallest absolute Gasteiger partial charge is 0.123 e. The largest absolute Gasteiger partial charge is 0.330 e. The second kappa shape index (κ2) is 6.12. The van der Waals surface area contributed by atoms with Gasteiger partial charge in [-0.3, -0.25) is 4.90 Å². The summed E-state index contributed by atoms with van der Waals surface area (Å²) >= 11 is 0. The number of rotatable bonds is 2. The second-order valence-electron chi connectivity index (χ2n) is 5.66. The Morgan fingerprint density at radius 3 is 2.80 bits per heavy atom. The number of nitrogens with one attached hydrogen (secondary N) is 1. The molecule has 0 bridgehead atoms. The topological polar surface area (TPSA) is 33.1 Å². The Morgan fingerprint density at radius 2 is 2.05 bits per heavy atom. The summed E-state index contributed by atoms with van der Waals surface area (Å²) in [7, 11) is 2.11. The molecular formula is C15H23ClN4. The minimum absolute atomic E-state index is 0. The van der Waals surface area contributed by atoms with E-state index >= 15 is 0 Å². The molecule has 1 fully saturated rings. The van der Waals surface area contributed by atoms with E-state index in [1.54, 1.807) is 0 Å². The summed E-state index contributed by atoms with van der Waals surface area (Å²) in [6.07, 6.45) is 0. The Kier molecular flexibility index (Phi) is 4.68. The lowest BCUT2D eigenvalue weighted by atomic mass is 10.1. The summed E-state index contributed by atoms with van der Waals surface area (Å²) in [6, 6.07) is 9.47. The van der Waals surface area contributed by atoms with Gasteiger partial charge in [-0.2, -0.15) is 0 Å². The predicted octanol–water partition coefficient (Wildman–Crippen LogP) is 2.18. The molecule has 2 aromatic rings. The van der Waals surface area contributed by atoms with Gasteiger partial charge in [-0.1, -0.05) is 12.1 Å². The van der Waals surface area contributed by atoms with E-state index in [1.165, 1.54) is 5.52 Å². The number of hydrogen-bond donors (Lipinski definition) is 1. The zero-order valence-electron chi connectivity index (χ0n) is 12.3. The van der Waals surface area contributed by atoms with Gasteiger partial charge in [0.1, 0.15) is 5.82 Å². The Morgan fingerprint density at radius 1 is 1.30 bits per heavy atom. The number of aryl methyl sites for hydroxylation is 1. The standard InChI is InChI=1S/C15H22N4.ClH/c1-11-9-19(12(2)8-16-11)10-15-17-13-6-4-5-7-14(13)18(15)3;/h4-7,11-12,16H,8-10H2,1-3H3;1H. The van der Waals surface area contributed by atoms with Crippen LogP contribution in [-0.4, -0.2) is 39.6 Å². The number of halogens is 1. The van der Waals surface area contributed by atoms with Crippen LogP contribution in [0.2, 0.25) is 0 Å². The van der Waals surface area contributed by atoms with Crippen molar-refractivity contribution in [2.75, 3.05) is 13.1 Å². The number of aromatic nitrogens is 2. The fraction of sp³-hybridized carbons (Fsp3) is 0.533. The van der Waals surface area contributed by atoms with Crippen LogP contribution in [0, 0.1) is 0 Å². The number of nitrogens with zero attached hydrogens (tertiary/aromatic N) is 3. The second-order valence-corrected chi connectivity index (χ2v) is 5.66. The van der Waals surface area contributed by atoms with Crippen LogP contribution in [0.3, 0.4) is 0 Å². The van der Waals surface area contributed by atoms with E-state index in [0.717, 1.165) is 31.0 Å². The minimum atomic E-state index is 0. The van der Waals surface area contributed by atoms with Gasteiger partial charge < -0.3 is 9.88 Å². The van der Waals surface area contributed by atoms with E-state index in [2.05, 4.69) is 59.9 Å². The van der Waals surface area contributed by atoms with Crippen LogP contribution in [0.25, 0.3) is 11.0 Å². The zero-order chi connectivity index (χ0) is 13.4. The Bertz CT molecular complexity index is 580. The van der Waals surface area contributed by atoms with Crippen LogP contribution >= 0.6 is 12.4 Å². The molecule has 3 rings (SSSR count). The van der Waals surface area contributed by atoms with Crippen molar-refractivity contribution in [1.29, 1.82) is 0 Å². The average Bonchev–Trinajstić information content (AvgIpc) is 2.72. The predicted molar refractivity (Wildman–Crippen MR) is 85.3 cm³/mol. The van der Waals surface area contributed by atoms with Crippen LogP contribution in [0.5, 0.6) is 0 Å². The number of fused-ring (bicyclic) bond motifs is 1. The molecule has 1 aromatic carbocycles. The van der Waals surface area contributed by atoms with Crippen LogP contribution in [0.4, 0.5) is 0 Å². The van der Waals surface area contributed by atoms with Crippen molar-refractivity contribution >= 4 is 23.4 Å². The highest BCUT2D eigenvalue weighted by atomic mass is 35.5. The zero-order valence-corrected chi connectivity index (χ0v) is 13.2. The molecule has 0 amide bonds. The molecule has 0 radical (unpaired) electrons. The third kappa shape index (κ3) is 2.82. The van der Waals surface area contributed by atoms with Crippen LogP contribution < -0.4 is 5.32 Å². The molecule has 2 unspecified atom stereocenters. The molecule has 1 saturated heterocycles. The molecular weight excluding hydrogens is 272 g/mol. The fourth-order valence-corrected chi connectivity index (χ4v) is 2.84. The van der Waals surface area contributed by atoms with Crippen molar-refractivity contribution in [1.82, 2.24) is 19.8 Å². The van der Waals surface area contributed by atoms with Gasteiger partial charge in [-0.05, 0) is 26.0 Å². The molecule has 20 heavy (non-hydrogen) atoms. The molecule has 0 spiro atoms. The summed E-state index contributed by atoms with van der Waals surface area (Å²) in [5, 5.41) is 3.52. The van der Waals surface area contributed by atoms with Gasteiger partial charge in [0.25, 0.3) is 0 Å². The molecule has 5 heteroatoms. The SMILES string of the molecule is CC1CN(Cc2nc3ccccc3n2C)C(C)CN1.Cl. The third-order valence-electron chi connectivity index (χ3n) is 4.12. The van der Waals surface area contributed by atoms with Crippen molar-refractivity contribution in [3.05, 3.63) is 30.1 Å². The van der Waals surface area contributed by atoms with E-state index in [0.29, 0.717) is 12.1 Å². The summed E-state index contributed by atoms with van der Waals surface area (Å²) in [5.41, 5.74) is 2.31. The summed E-state index contributed by atoms with van der Waals surface area (Å²) < 4.78 is 2.22. The highest BCUT2D eigenvalue weighted by Gasteiger charge is 2.23. The highest BCUT2D eigenvalue weighted by molar-refractivity contribution is 5.85. The van der Waals surface area contributed by atoms with Crippen molar-refractivity contribution in [3.63, 3.8) is 0 Å². The van der Waals surface area contributed by atoms with Gasteiger partial charge in [0.05, 0.1) is 17.6 Å². The van der Waals surface area contributed by atoms with Gasteiger partial charge in [0, 0.05) is 32.2 Å². The van der Waals surface area contributed by atoms with Gasteiger partial charge >= 0.3 is 0 Å². The molecule has 0 saturated carbocycles. The lowest BCUT2D eigenvalue weighted by Crippen LogP contribution is -2.53. The summed E-state index contributed by atoms with van der Waals surface area (Å²) in [6.45, 7) is 7.60. The maximum atomic E-state index is 4.77. The average molecular weight is 295 g/mol. The Hall–Kier alpha value is -1.10. The van der Waals surface area contributed by atoms with Gasteiger partial charge in [-0.15, -0.1) is 12.4 Å². The first-order chi connectivity index (χ1) is 9.15. The van der Waals surface area contributed by atoms with Gasteiger partial charge in [0.2, 0.25) is 0 Å². The first-order valence-electron chi connectivity index (χ1n) is 7.03. The number of para-hydroxylation sites is 2. The molecule has 2 heterocycles. The normalized spacial score (nSPS) is 23.8. The minimum Gasteiger partial charge on any atom is -0.330 e. The summed E-state index contributed by atoms with van der Waals surface area (Å²) in [5.74, 6) is 1.15. The molecule has 0 aliphatic carbocycles. The monoisotopic (exact) mass is 294 g/mol. The van der Waals surface area contributed by atoms with Gasteiger partial charge in [0.15, 0.2) is 0 Å².